The molecule has 1 aromatic carbocycles. The second-order valence-electron chi connectivity index (χ2n) is 8.69. The van der Waals surface area contributed by atoms with Crippen molar-refractivity contribution in [3.05, 3.63) is 59.9 Å². The summed E-state index contributed by atoms with van der Waals surface area (Å²) in [6, 6.07) is 9.07. The summed E-state index contributed by atoms with van der Waals surface area (Å²) in [5, 5.41) is 2.70. The molecule has 2 aromatic heterocycles. The Balaban J connectivity index is 1.71. The summed E-state index contributed by atoms with van der Waals surface area (Å²) in [6.07, 6.45) is 3.04. The Morgan fingerprint density at radius 1 is 1.00 bits per heavy atom. The van der Waals surface area contributed by atoms with Crippen LogP contribution in [-0.4, -0.2) is 44.7 Å². The second kappa shape index (κ2) is 9.32. The van der Waals surface area contributed by atoms with Crippen molar-refractivity contribution in [1.29, 1.82) is 0 Å². The number of methoxy groups -OCH3 is 1. The summed E-state index contributed by atoms with van der Waals surface area (Å²) < 4.78 is 13.3. The Kier molecular flexibility index (Phi) is 6.71. The number of nitrogens with one attached hydrogen (secondary N) is 1. The van der Waals surface area contributed by atoms with Crippen LogP contribution < -0.4 is 5.32 Å². The van der Waals surface area contributed by atoms with Gasteiger partial charge in [0.2, 0.25) is 5.82 Å². The van der Waals surface area contributed by atoms with Gasteiger partial charge in [-0.1, -0.05) is 12.1 Å². The molecule has 0 aliphatic carbocycles. The van der Waals surface area contributed by atoms with Crippen molar-refractivity contribution in [2.45, 2.75) is 32.8 Å². The first-order chi connectivity index (χ1) is 15.5. The highest BCUT2D eigenvalue weighted by Gasteiger charge is 2.19. The molecule has 1 N–H and O–H groups in total. The van der Waals surface area contributed by atoms with E-state index >= 15 is 0 Å². The minimum absolute atomic E-state index is 0.0564. The van der Waals surface area contributed by atoms with E-state index in [2.05, 4.69) is 10.3 Å². The van der Waals surface area contributed by atoms with Crippen LogP contribution in [0.1, 0.15) is 47.6 Å². The average molecular weight is 453 g/mol. The van der Waals surface area contributed by atoms with Gasteiger partial charge in [-0.2, -0.15) is 0 Å². The van der Waals surface area contributed by atoms with Crippen molar-refractivity contribution in [1.82, 2.24) is 14.1 Å². The van der Waals surface area contributed by atoms with Crippen LogP contribution in [0.2, 0.25) is 0 Å². The summed E-state index contributed by atoms with van der Waals surface area (Å²) in [6.45, 7) is 5.40. The Hall–Kier alpha value is -3.88. The van der Waals surface area contributed by atoms with Gasteiger partial charge in [-0.25, -0.2) is 14.6 Å². The maximum atomic E-state index is 12.9. The van der Waals surface area contributed by atoms with E-state index in [1.54, 1.807) is 57.8 Å². The zero-order valence-corrected chi connectivity index (χ0v) is 19.6. The summed E-state index contributed by atoms with van der Waals surface area (Å²) in [5.41, 5.74) is 2.80. The van der Waals surface area contributed by atoms with Crippen molar-refractivity contribution >= 4 is 23.5 Å². The van der Waals surface area contributed by atoms with E-state index in [4.69, 9.17) is 9.47 Å². The number of anilines is 1. The normalized spacial score (nSPS) is 11.2. The number of ketones is 1. The molecule has 9 nitrogen and oxygen atoms in total. The highest BCUT2D eigenvalue weighted by atomic mass is 16.6. The summed E-state index contributed by atoms with van der Waals surface area (Å²) >= 11 is 0. The van der Waals surface area contributed by atoms with Crippen LogP contribution in [0, 0.1) is 0 Å². The predicted octanol–water partition coefficient (Wildman–Crippen LogP) is 3.98. The van der Waals surface area contributed by atoms with Gasteiger partial charge >= 0.3 is 12.1 Å². The van der Waals surface area contributed by atoms with Gasteiger partial charge in [0, 0.05) is 37.7 Å². The average Bonchev–Trinajstić information content (AvgIpc) is 3.29. The largest absolute Gasteiger partial charge is 0.463 e. The van der Waals surface area contributed by atoms with Crippen molar-refractivity contribution in [2.75, 3.05) is 12.4 Å². The molecule has 0 bridgehead atoms. The molecule has 0 radical (unpaired) electrons. The third-order valence-electron chi connectivity index (χ3n) is 4.79. The lowest BCUT2D eigenvalue weighted by molar-refractivity contribution is 0.0580. The number of amides is 1. The van der Waals surface area contributed by atoms with Gasteiger partial charge in [-0.05, 0) is 44.5 Å². The predicted molar refractivity (Wildman–Crippen MR) is 123 cm³/mol. The lowest BCUT2D eigenvalue weighted by Gasteiger charge is -2.19. The molecule has 9 heteroatoms. The van der Waals surface area contributed by atoms with Crippen LogP contribution in [0.5, 0.6) is 0 Å². The zero-order valence-electron chi connectivity index (χ0n) is 19.6. The van der Waals surface area contributed by atoms with E-state index in [-0.39, 0.29) is 18.0 Å². The molecule has 2 heterocycles. The number of imidazole rings is 1. The number of hydrogen-bond acceptors (Lipinski definition) is 6. The minimum atomic E-state index is -0.576. The quantitative estimate of drug-likeness (QED) is 0.448. The molecule has 0 saturated carbocycles. The summed E-state index contributed by atoms with van der Waals surface area (Å²) in [7, 11) is 4.76. The Labute approximate surface area is 192 Å². The van der Waals surface area contributed by atoms with Gasteiger partial charge in [0.15, 0.2) is 5.78 Å². The molecular weight excluding hydrogens is 424 g/mol. The van der Waals surface area contributed by atoms with E-state index < -0.39 is 17.7 Å². The molecule has 3 aromatic rings. The highest BCUT2D eigenvalue weighted by molar-refractivity contribution is 5.97. The van der Waals surface area contributed by atoms with Crippen molar-refractivity contribution in [3.63, 3.8) is 0 Å². The molecule has 0 aliphatic rings. The van der Waals surface area contributed by atoms with Gasteiger partial charge in [0.05, 0.1) is 24.9 Å². The number of esters is 1. The minimum Gasteiger partial charge on any atom is -0.463 e. The number of carbonyl (C=O) groups excluding carboxylic acids is 3. The fourth-order valence-corrected chi connectivity index (χ4v) is 3.32. The Morgan fingerprint density at radius 3 is 2.27 bits per heavy atom. The van der Waals surface area contributed by atoms with E-state index in [9.17, 15) is 14.4 Å². The van der Waals surface area contributed by atoms with Crippen molar-refractivity contribution in [3.8, 4) is 11.1 Å². The molecule has 0 unspecified atom stereocenters. The van der Waals surface area contributed by atoms with Gasteiger partial charge in [-0.15, -0.1) is 0 Å². The molecular formula is C24H28N4O5. The zero-order chi connectivity index (χ0) is 24.3. The van der Waals surface area contributed by atoms with E-state index in [0.29, 0.717) is 17.1 Å². The molecule has 3 rings (SSSR count). The molecule has 1 amide bonds. The van der Waals surface area contributed by atoms with Crippen LogP contribution in [0.4, 0.5) is 10.5 Å². The summed E-state index contributed by atoms with van der Waals surface area (Å²) in [5.74, 6) is -0.531. The maximum absolute atomic E-state index is 12.9. The van der Waals surface area contributed by atoms with E-state index in [1.165, 1.54) is 11.7 Å². The fraction of sp³-hybridized carbons (Fsp3) is 0.333. The monoisotopic (exact) mass is 452 g/mol. The fourth-order valence-electron chi connectivity index (χ4n) is 3.32. The van der Waals surface area contributed by atoms with Crippen LogP contribution in [0.15, 0.2) is 42.7 Å². The van der Waals surface area contributed by atoms with Crippen molar-refractivity contribution in [2.24, 2.45) is 14.1 Å². The standard InChI is InChI=1S/C24H28N4O5/c1-24(2,3)33-23(31)26-17-9-7-15(8-10-17)16-11-19(27(4)13-16)20(29)12-18-14-28(5)21(25-18)22(30)32-6/h7-11,13-14H,12H2,1-6H3,(H,26,31). The number of carbonyl (C=O) groups is 3. The first kappa shape index (κ1) is 23.8. The Bertz CT molecular complexity index is 1180. The SMILES string of the molecule is COC(=O)c1nc(CC(=O)c2cc(-c3ccc(NC(=O)OC(C)(C)C)cc3)cn2C)cn1C. The first-order valence-corrected chi connectivity index (χ1v) is 10.4. The molecule has 33 heavy (non-hydrogen) atoms. The number of aryl methyl sites for hydroxylation is 2. The third-order valence-corrected chi connectivity index (χ3v) is 4.79. The lowest BCUT2D eigenvalue weighted by Crippen LogP contribution is -2.27. The number of aromatic nitrogens is 3. The smallest absolute Gasteiger partial charge is 0.412 e. The molecule has 174 valence electrons. The number of ether oxygens (including phenoxy) is 2. The Morgan fingerprint density at radius 2 is 1.67 bits per heavy atom. The molecule has 0 saturated heterocycles. The van der Waals surface area contributed by atoms with Crippen LogP contribution >= 0.6 is 0 Å². The number of rotatable bonds is 6. The number of hydrogen-bond donors (Lipinski definition) is 1. The van der Waals surface area contributed by atoms with Gasteiger partial charge in [-0.3, -0.25) is 10.1 Å². The topological polar surface area (TPSA) is 104 Å². The van der Waals surface area contributed by atoms with Gasteiger partial charge < -0.3 is 18.6 Å². The van der Waals surface area contributed by atoms with Crippen LogP contribution in [-0.2, 0) is 30.0 Å². The van der Waals surface area contributed by atoms with Crippen LogP contribution in [0.25, 0.3) is 11.1 Å². The van der Waals surface area contributed by atoms with E-state index in [0.717, 1.165) is 11.1 Å². The maximum Gasteiger partial charge on any atom is 0.412 e. The summed E-state index contributed by atoms with van der Waals surface area (Å²) in [4.78, 5) is 40.8. The number of benzene rings is 1. The second-order valence-corrected chi connectivity index (χ2v) is 8.69. The lowest BCUT2D eigenvalue weighted by atomic mass is 10.1. The molecule has 0 aliphatic heterocycles. The molecule has 0 spiro atoms. The van der Waals surface area contributed by atoms with Gasteiger partial charge in [0.25, 0.3) is 0 Å². The number of nitrogens with zero attached hydrogens (tertiary/aromatic N) is 3. The van der Waals surface area contributed by atoms with E-state index in [1.807, 2.05) is 24.4 Å². The van der Waals surface area contributed by atoms with Gasteiger partial charge in [0.1, 0.15) is 5.60 Å². The first-order valence-electron chi connectivity index (χ1n) is 10.4. The number of Topliss-reactive ketones (excluding diaryl/α,β-unsaturated/α-hetero) is 1. The van der Waals surface area contributed by atoms with Crippen molar-refractivity contribution < 1.29 is 23.9 Å². The molecule has 0 fully saturated rings. The highest BCUT2D eigenvalue weighted by Crippen LogP contribution is 2.24. The third kappa shape index (κ3) is 5.88. The van der Waals surface area contributed by atoms with Crippen LogP contribution in [0.3, 0.4) is 0 Å². The molecule has 0 atom stereocenters.